The van der Waals surface area contributed by atoms with E-state index in [1.807, 2.05) is 65.7 Å². The second-order valence-corrected chi connectivity index (χ2v) is 6.04. The summed E-state index contributed by atoms with van der Waals surface area (Å²) in [5, 5.41) is 6.72. The molecule has 1 heterocycles. The Labute approximate surface area is 152 Å². The number of esters is 1. The summed E-state index contributed by atoms with van der Waals surface area (Å²) in [5.74, 6) is 0.174. The molecule has 0 spiro atoms. The summed E-state index contributed by atoms with van der Waals surface area (Å²) in [6.07, 6.45) is 0.887. The highest BCUT2D eigenvalue weighted by Gasteiger charge is 2.17. The number of ether oxygens (including phenoxy) is 1. The first kappa shape index (κ1) is 16.1. The van der Waals surface area contributed by atoms with Gasteiger partial charge >= 0.3 is 5.97 Å². The average molecular weight is 342 g/mol. The van der Waals surface area contributed by atoms with E-state index in [4.69, 9.17) is 9.84 Å². The molecule has 0 radical (unpaired) electrons. The fourth-order valence-corrected chi connectivity index (χ4v) is 2.90. The van der Waals surface area contributed by atoms with Crippen LogP contribution in [0.2, 0.25) is 0 Å². The van der Waals surface area contributed by atoms with Crippen LogP contribution in [0.4, 0.5) is 5.69 Å². The van der Waals surface area contributed by atoms with Crippen molar-refractivity contribution in [2.45, 2.75) is 6.42 Å². The molecule has 0 fully saturated rings. The van der Waals surface area contributed by atoms with Crippen molar-refractivity contribution >= 4 is 17.4 Å². The van der Waals surface area contributed by atoms with Crippen molar-refractivity contribution in [2.24, 2.45) is 5.10 Å². The van der Waals surface area contributed by atoms with Gasteiger partial charge in [-0.15, -0.1) is 0 Å². The molecular formula is C22H18N2O2. The van der Waals surface area contributed by atoms with E-state index >= 15 is 0 Å². The molecule has 0 saturated carbocycles. The Bertz CT molecular complexity index is 919. The molecular weight excluding hydrogens is 324 g/mol. The highest BCUT2D eigenvalue weighted by atomic mass is 16.5. The summed E-state index contributed by atoms with van der Waals surface area (Å²) >= 11 is 0. The number of carbonyl (C=O) groups excluding carboxylic acids is 1. The molecule has 4 heteroatoms. The lowest BCUT2D eigenvalue weighted by Gasteiger charge is -2.12. The van der Waals surface area contributed by atoms with Gasteiger partial charge in [0.1, 0.15) is 5.75 Å². The van der Waals surface area contributed by atoms with Crippen LogP contribution < -0.4 is 9.75 Å². The molecule has 26 heavy (non-hydrogen) atoms. The number of nitrogens with zero attached hydrogens (tertiary/aromatic N) is 2. The molecule has 0 N–H and O–H groups in total. The Morgan fingerprint density at radius 1 is 0.846 bits per heavy atom. The fraction of sp³-hybridized carbons (Fsp3) is 0.0909. The molecule has 0 aromatic heterocycles. The van der Waals surface area contributed by atoms with Crippen molar-refractivity contribution < 1.29 is 9.53 Å². The normalized spacial score (nSPS) is 13.4. The SMILES string of the molecule is O=C(Oc1ccc(C2=NN(c3ccccc3)CC2)cc1)c1ccccc1. The van der Waals surface area contributed by atoms with E-state index < -0.39 is 0 Å². The van der Waals surface area contributed by atoms with E-state index in [-0.39, 0.29) is 5.97 Å². The number of hydrogen-bond acceptors (Lipinski definition) is 4. The molecule has 0 aliphatic carbocycles. The Morgan fingerprint density at radius 3 is 2.19 bits per heavy atom. The summed E-state index contributed by atoms with van der Waals surface area (Å²) in [5.41, 5.74) is 3.71. The smallest absolute Gasteiger partial charge is 0.343 e. The van der Waals surface area contributed by atoms with Crippen LogP contribution in [0.25, 0.3) is 0 Å². The van der Waals surface area contributed by atoms with Gasteiger partial charge in [0.25, 0.3) is 0 Å². The van der Waals surface area contributed by atoms with Crippen LogP contribution in [0.15, 0.2) is 90.0 Å². The molecule has 1 aliphatic heterocycles. The topological polar surface area (TPSA) is 41.9 Å². The van der Waals surface area contributed by atoms with E-state index in [1.54, 1.807) is 12.1 Å². The zero-order valence-corrected chi connectivity index (χ0v) is 14.2. The summed E-state index contributed by atoms with van der Waals surface area (Å²) < 4.78 is 5.42. The van der Waals surface area contributed by atoms with Crippen LogP contribution >= 0.6 is 0 Å². The predicted octanol–water partition coefficient (Wildman–Crippen LogP) is 4.52. The lowest BCUT2D eigenvalue weighted by Crippen LogP contribution is -2.11. The van der Waals surface area contributed by atoms with Gasteiger partial charge in [-0.25, -0.2) is 4.79 Å². The van der Waals surface area contributed by atoms with Crippen molar-refractivity contribution in [2.75, 3.05) is 11.6 Å². The van der Waals surface area contributed by atoms with E-state index in [0.717, 1.165) is 29.9 Å². The first-order valence-electron chi connectivity index (χ1n) is 8.57. The second kappa shape index (κ2) is 7.23. The number of rotatable bonds is 4. The summed E-state index contributed by atoms with van der Waals surface area (Å²) in [7, 11) is 0. The zero-order valence-electron chi connectivity index (χ0n) is 14.2. The number of hydrogen-bond donors (Lipinski definition) is 0. The van der Waals surface area contributed by atoms with Gasteiger partial charge in [0.2, 0.25) is 0 Å². The molecule has 0 bridgehead atoms. The third-order valence-corrected chi connectivity index (χ3v) is 4.26. The second-order valence-electron chi connectivity index (χ2n) is 6.04. The minimum Gasteiger partial charge on any atom is -0.423 e. The quantitative estimate of drug-likeness (QED) is 0.517. The van der Waals surface area contributed by atoms with Gasteiger partial charge in [-0.2, -0.15) is 5.10 Å². The monoisotopic (exact) mass is 342 g/mol. The maximum absolute atomic E-state index is 12.1. The van der Waals surface area contributed by atoms with Gasteiger partial charge in [-0.1, -0.05) is 36.4 Å². The lowest BCUT2D eigenvalue weighted by molar-refractivity contribution is 0.0735. The molecule has 128 valence electrons. The van der Waals surface area contributed by atoms with Gasteiger partial charge in [0, 0.05) is 13.0 Å². The van der Waals surface area contributed by atoms with Crippen LogP contribution in [-0.2, 0) is 0 Å². The molecule has 3 aromatic rings. The van der Waals surface area contributed by atoms with Gasteiger partial charge in [-0.3, -0.25) is 5.01 Å². The lowest BCUT2D eigenvalue weighted by atomic mass is 10.1. The van der Waals surface area contributed by atoms with Crippen molar-refractivity contribution in [1.29, 1.82) is 0 Å². The first-order chi connectivity index (χ1) is 12.8. The number of carbonyl (C=O) groups is 1. The van der Waals surface area contributed by atoms with E-state index in [1.165, 1.54) is 0 Å². The van der Waals surface area contributed by atoms with Gasteiger partial charge in [0.05, 0.1) is 17.0 Å². The molecule has 0 saturated heterocycles. The minimum absolute atomic E-state index is 0.355. The predicted molar refractivity (Wildman–Crippen MR) is 103 cm³/mol. The summed E-state index contributed by atoms with van der Waals surface area (Å²) in [6.45, 7) is 0.865. The van der Waals surface area contributed by atoms with Crippen molar-refractivity contribution in [1.82, 2.24) is 0 Å². The Kier molecular flexibility index (Phi) is 4.48. The van der Waals surface area contributed by atoms with Crippen molar-refractivity contribution in [3.63, 3.8) is 0 Å². The molecule has 3 aromatic carbocycles. The third kappa shape index (κ3) is 3.49. The largest absolute Gasteiger partial charge is 0.423 e. The highest BCUT2D eigenvalue weighted by Crippen LogP contribution is 2.22. The first-order valence-corrected chi connectivity index (χ1v) is 8.57. The number of hydrazone groups is 1. The number of benzene rings is 3. The summed E-state index contributed by atoms with van der Waals surface area (Å²) in [4.78, 5) is 12.1. The van der Waals surface area contributed by atoms with Crippen LogP contribution in [0, 0.1) is 0 Å². The molecule has 0 unspecified atom stereocenters. The van der Waals surface area contributed by atoms with Crippen LogP contribution in [0.3, 0.4) is 0 Å². The molecule has 4 rings (SSSR count). The maximum atomic E-state index is 12.1. The Hall–Kier alpha value is -3.40. The molecule has 1 aliphatic rings. The Morgan fingerprint density at radius 2 is 1.50 bits per heavy atom. The fourth-order valence-electron chi connectivity index (χ4n) is 2.90. The third-order valence-electron chi connectivity index (χ3n) is 4.26. The molecule has 0 atom stereocenters. The molecule has 4 nitrogen and oxygen atoms in total. The zero-order chi connectivity index (χ0) is 17.8. The standard InChI is InChI=1S/C22H18N2O2/c25-22(18-7-3-1-4-8-18)26-20-13-11-17(12-14-20)21-15-16-24(23-21)19-9-5-2-6-10-19/h1-14H,15-16H2. The van der Waals surface area contributed by atoms with Crippen LogP contribution in [-0.4, -0.2) is 18.2 Å². The van der Waals surface area contributed by atoms with E-state index in [0.29, 0.717) is 11.3 Å². The molecule has 0 amide bonds. The Balaban J connectivity index is 1.46. The van der Waals surface area contributed by atoms with Gasteiger partial charge in [-0.05, 0) is 54.1 Å². The number of para-hydroxylation sites is 1. The van der Waals surface area contributed by atoms with E-state index in [9.17, 15) is 4.79 Å². The van der Waals surface area contributed by atoms with Crippen molar-refractivity contribution in [3.05, 3.63) is 96.1 Å². The van der Waals surface area contributed by atoms with E-state index in [2.05, 4.69) is 12.1 Å². The van der Waals surface area contributed by atoms with Crippen molar-refractivity contribution in [3.8, 4) is 5.75 Å². The van der Waals surface area contributed by atoms with Gasteiger partial charge < -0.3 is 4.74 Å². The number of anilines is 1. The van der Waals surface area contributed by atoms with Crippen LogP contribution in [0.5, 0.6) is 5.75 Å². The summed E-state index contributed by atoms with van der Waals surface area (Å²) in [6, 6.07) is 26.6. The highest BCUT2D eigenvalue weighted by molar-refractivity contribution is 6.02. The maximum Gasteiger partial charge on any atom is 0.343 e. The van der Waals surface area contributed by atoms with Gasteiger partial charge in [0.15, 0.2) is 0 Å². The average Bonchev–Trinajstić information content (AvgIpc) is 3.20. The van der Waals surface area contributed by atoms with Crippen LogP contribution in [0.1, 0.15) is 22.3 Å². The minimum atomic E-state index is -0.355.